The fraction of sp³-hybridized carbons (Fsp3) is 0.400. The van der Waals surface area contributed by atoms with Crippen molar-refractivity contribution in [2.45, 2.75) is 40.2 Å². The Kier molecular flexibility index (Phi) is 3.62. The number of aromatic nitrogens is 2. The van der Waals surface area contributed by atoms with Gasteiger partial charge in [-0.05, 0) is 37.0 Å². The highest BCUT2D eigenvalue weighted by atomic mass is 15.3. The van der Waals surface area contributed by atoms with Crippen LogP contribution in [0.2, 0.25) is 0 Å². The van der Waals surface area contributed by atoms with Crippen LogP contribution >= 0.6 is 0 Å². The number of nitrogens with zero attached hydrogens (tertiary/aromatic N) is 2. The van der Waals surface area contributed by atoms with Gasteiger partial charge in [0.15, 0.2) is 0 Å². The van der Waals surface area contributed by atoms with Crippen LogP contribution in [0.3, 0.4) is 0 Å². The van der Waals surface area contributed by atoms with Gasteiger partial charge in [0.25, 0.3) is 0 Å². The highest BCUT2D eigenvalue weighted by molar-refractivity contribution is 5.26. The molecule has 0 saturated carbocycles. The van der Waals surface area contributed by atoms with Crippen molar-refractivity contribution in [1.82, 2.24) is 9.78 Å². The number of hydrogen-bond acceptors (Lipinski definition) is 1. The minimum absolute atomic E-state index is 0.885. The first-order valence-electron chi connectivity index (χ1n) is 6.34. The smallest absolute Gasteiger partial charge is 0.0665 e. The van der Waals surface area contributed by atoms with Gasteiger partial charge in [-0.25, -0.2) is 0 Å². The van der Waals surface area contributed by atoms with Crippen molar-refractivity contribution in [3.05, 3.63) is 52.8 Å². The van der Waals surface area contributed by atoms with Crippen molar-refractivity contribution in [3.8, 4) is 0 Å². The topological polar surface area (TPSA) is 17.8 Å². The SMILES string of the molecule is CCc1cc(CC)n(Cc2ccccc2C)n1. The predicted molar refractivity (Wildman–Crippen MR) is 71.3 cm³/mol. The van der Waals surface area contributed by atoms with Crippen molar-refractivity contribution in [1.29, 1.82) is 0 Å². The van der Waals surface area contributed by atoms with Gasteiger partial charge in [0, 0.05) is 5.69 Å². The third-order valence-electron chi connectivity index (χ3n) is 3.22. The van der Waals surface area contributed by atoms with Gasteiger partial charge in [0.05, 0.1) is 12.2 Å². The Morgan fingerprint density at radius 3 is 2.53 bits per heavy atom. The lowest BCUT2D eigenvalue weighted by molar-refractivity contribution is 0.638. The first-order chi connectivity index (χ1) is 8.24. The predicted octanol–water partition coefficient (Wildman–Crippen LogP) is 3.36. The Morgan fingerprint density at radius 2 is 1.88 bits per heavy atom. The molecule has 0 spiro atoms. The second-order valence-electron chi connectivity index (χ2n) is 4.42. The molecule has 2 heteroatoms. The quantitative estimate of drug-likeness (QED) is 0.784. The van der Waals surface area contributed by atoms with E-state index in [1.807, 2.05) is 0 Å². The van der Waals surface area contributed by atoms with E-state index in [2.05, 4.69) is 60.9 Å². The van der Waals surface area contributed by atoms with Crippen molar-refractivity contribution in [2.24, 2.45) is 0 Å². The Labute approximate surface area is 103 Å². The molecule has 0 unspecified atom stereocenters. The molecule has 0 aliphatic carbocycles. The monoisotopic (exact) mass is 228 g/mol. The molecule has 2 rings (SSSR count). The number of benzene rings is 1. The van der Waals surface area contributed by atoms with Crippen LogP contribution in [-0.2, 0) is 19.4 Å². The van der Waals surface area contributed by atoms with Gasteiger partial charge in [-0.15, -0.1) is 0 Å². The van der Waals surface area contributed by atoms with Crippen LogP contribution in [0.5, 0.6) is 0 Å². The molecular formula is C15H20N2. The number of aryl methyl sites for hydroxylation is 3. The Bertz CT molecular complexity index is 497. The summed E-state index contributed by atoms with van der Waals surface area (Å²) in [5.74, 6) is 0. The summed E-state index contributed by atoms with van der Waals surface area (Å²) in [6.45, 7) is 7.38. The van der Waals surface area contributed by atoms with E-state index in [1.54, 1.807) is 0 Å². The second kappa shape index (κ2) is 5.17. The van der Waals surface area contributed by atoms with Crippen molar-refractivity contribution >= 4 is 0 Å². The van der Waals surface area contributed by atoms with E-state index in [9.17, 15) is 0 Å². The fourth-order valence-corrected chi connectivity index (χ4v) is 2.06. The zero-order chi connectivity index (χ0) is 12.3. The molecule has 0 fully saturated rings. The van der Waals surface area contributed by atoms with Crippen LogP contribution in [-0.4, -0.2) is 9.78 Å². The molecule has 1 heterocycles. The second-order valence-corrected chi connectivity index (χ2v) is 4.42. The molecule has 1 aromatic heterocycles. The van der Waals surface area contributed by atoms with Crippen LogP contribution in [0.1, 0.15) is 36.4 Å². The van der Waals surface area contributed by atoms with Crippen LogP contribution < -0.4 is 0 Å². The Hall–Kier alpha value is -1.57. The molecule has 90 valence electrons. The molecule has 0 saturated heterocycles. The molecule has 2 nitrogen and oxygen atoms in total. The third-order valence-corrected chi connectivity index (χ3v) is 3.22. The van der Waals surface area contributed by atoms with E-state index >= 15 is 0 Å². The van der Waals surface area contributed by atoms with E-state index < -0.39 is 0 Å². The maximum Gasteiger partial charge on any atom is 0.0665 e. The van der Waals surface area contributed by atoms with Crippen LogP contribution in [0.4, 0.5) is 0 Å². The van der Waals surface area contributed by atoms with Gasteiger partial charge in [-0.3, -0.25) is 4.68 Å². The number of hydrogen-bond donors (Lipinski definition) is 0. The average molecular weight is 228 g/mol. The zero-order valence-corrected chi connectivity index (χ0v) is 10.9. The maximum absolute atomic E-state index is 4.65. The van der Waals surface area contributed by atoms with Gasteiger partial charge in [0.1, 0.15) is 0 Å². The first-order valence-corrected chi connectivity index (χ1v) is 6.34. The molecule has 0 amide bonds. The average Bonchev–Trinajstić information content (AvgIpc) is 2.74. The molecule has 0 bridgehead atoms. The highest BCUT2D eigenvalue weighted by Crippen LogP contribution is 2.12. The van der Waals surface area contributed by atoms with E-state index in [1.165, 1.54) is 22.5 Å². The molecule has 0 atom stereocenters. The minimum Gasteiger partial charge on any atom is -0.265 e. The van der Waals surface area contributed by atoms with Crippen LogP contribution in [0.15, 0.2) is 30.3 Å². The molecule has 0 aliphatic heterocycles. The molecule has 2 aromatic rings. The van der Waals surface area contributed by atoms with Crippen molar-refractivity contribution in [2.75, 3.05) is 0 Å². The van der Waals surface area contributed by atoms with E-state index in [4.69, 9.17) is 0 Å². The lowest BCUT2D eigenvalue weighted by atomic mass is 10.1. The summed E-state index contributed by atoms with van der Waals surface area (Å²) in [7, 11) is 0. The van der Waals surface area contributed by atoms with Gasteiger partial charge in [0.2, 0.25) is 0 Å². The van der Waals surface area contributed by atoms with Crippen LogP contribution in [0.25, 0.3) is 0 Å². The molecule has 0 radical (unpaired) electrons. The lowest BCUT2D eigenvalue weighted by Crippen LogP contribution is -2.07. The molecule has 1 aromatic carbocycles. The highest BCUT2D eigenvalue weighted by Gasteiger charge is 2.06. The summed E-state index contributed by atoms with van der Waals surface area (Å²) in [6.07, 6.45) is 2.05. The zero-order valence-electron chi connectivity index (χ0n) is 10.9. The van der Waals surface area contributed by atoms with E-state index in [0.29, 0.717) is 0 Å². The first kappa shape index (κ1) is 11.9. The fourth-order valence-electron chi connectivity index (χ4n) is 2.06. The molecule has 0 N–H and O–H groups in total. The number of rotatable bonds is 4. The third kappa shape index (κ3) is 2.57. The molecular weight excluding hydrogens is 208 g/mol. The van der Waals surface area contributed by atoms with E-state index in [0.717, 1.165) is 19.4 Å². The summed E-state index contributed by atoms with van der Waals surface area (Å²) in [5.41, 5.74) is 5.21. The lowest BCUT2D eigenvalue weighted by Gasteiger charge is -2.08. The minimum atomic E-state index is 0.885. The normalized spacial score (nSPS) is 10.8. The van der Waals surface area contributed by atoms with Gasteiger partial charge < -0.3 is 0 Å². The summed E-state index contributed by atoms with van der Waals surface area (Å²) < 4.78 is 2.14. The summed E-state index contributed by atoms with van der Waals surface area (Å²) in [5, 5.41) is 4.65. The largest absolute Gasteiger partial charge is 0.265 e. The van der Waals surface area contributed by atoms with Gasteiger partial charge >= 0.3 is 0 Å². The summed E-state index contributed by atoms with van der Waals surface area (Å²) in [6, 6.07) is 10.7. The summed E-state index contributed by atoms with van der Waals surface area (Å²) in [4.78, 5) is 0. The molecule has 17 heavy (non-hydrogen) atoms. The Morgan fingerprint density at radius 1 is 1.12 bits per heavy atom. The standard InChI is InChI=1S/C15H20N2/c1-4-14-10-15(5-2)17(16-14)11-13-9-7-6-8-12(13)3/h6-10H,4-5,11H2,1-3H3. The maximum atomic E-state index is 4.65. The molecule has 0 aliphatic rings. The summed E-state index contributed by atoms with van der Waals surface area (Å²) >= 11 is 0. The Balaban J connectivity index is 2.29. The van der Waals surface area contributed by atoms with E-state index in [-0.39, 0.29) is 0 Å². The van der Waals surface area contributed by atoms with Crippen molar-refractivity contribution in [3.63, 3.8) is 0 Å². The van der Waals surface area contributed by atoms with Crippen molar-refractivity contribution < 1.29 is 0 Å². The van der Waals surface area contributed by atoms with Gasteiger partial charge in [-0.2, -0.15) is 5.10 Å². The van der Waals surface area contributed by atoms with Crippen LogP contribution in [0, 0.1) is 6.92 Å². The van der Waals surface area contributed by atoms with Gasteiger partial charge in [-0.1, -0.05) is 38.1 Å².